The van der Waals surface area contributed by atoms with E-state index in [-0.39, 0.29) is 10.9 Å². The second kappa shape index (κ2) is 6.92. The second-order valence-corrected chi connectivity index (χ2v) is 10.0. The fourth-order valence-corrected chi connectivity index (χ4v) is 5.03. The summed E-state index contributed by atoms with van der Waals surface area (Å²) in [5.74, 6) is 0. The first kappa shape index (κ1) is 18.7. The number of rotatable bonds is 7. The van der Waals surface area contributed by atoms with Crippen molar-refractivity contribution in [1.29, 1.82) is 0 Å². The summed E-state index contributed by atoms with van der Waals surface area (Å²) in [5.41, 5.74) is 2.01. The van der Waals surface area contributed by atoms with Gasteiger partial charge in [-0.15, -0.1) is 0 Å². The van der Waals surface area contributed by atoms with E-state index in [2.05, 4.69) is 4.72 Å². The average molecular weight is 395 g/mol. The number of nitrogens with one attached hydrogen (secondary N) is 1. The number of hydrogen-bond donors (Lipinski definition) is 1. The van der Waals surface area contributed by atoms with Gasteiger partial charge in [-0.1, -0.05) is 19.1 Å². The van der Waals surface area contributed by atoms with E-state index in [1.807, 2.05) is 19.1 Å². The molecule has 6 nitrogen and oxygen atoms in total. The van der Waals surface area contributed by atoms with Crippen LogP contribution in [0.1, 0.15) is 25.3 Å². The lowest BCUT2D eigenvalue weighted by atomic mass is 10.2. The van der Waals surface area contributed by atoms with E-state index in [1.165, 1.54) is 4.31 Å². The summed E-state index contributed by atoms with van der Waals surface area (Å²) in [6.07, 6.45) is 3.55. The van der Waals surface area contributed by atoms with E-state index >= 15 is 0 Å². The highest BCUT2D eigenvalue weighted by Crippen LogP contribution is 2.37. The molecule has 0 atom stereocenters. The average Bonchev–Trinajstić information content (AvgIpc) is 3.40. The molecule has 8 heteroatoms. The topological polar surface area (TPSA) is 83.6 Å². The third kappa shape index (κ3) is 4.19. The minimum absolute atomic E-state index is 0.0560. The zero-order chi connectivity index (χ0) is 18.9. The van der Waals surface area contributed by atoms with Crippen LogP contribution in [0.25, 0.3) is 0 Å². The molecular weight excluding hydrogens is 372 g/mol. The number of benzene rings is 2. The molecule has 1 aliphatic carbocycles. The van der Waals surface area contributed by atoms with Crippen molar-refractivity contribution < 1.29 is 16.8 Å². The predicted octanol–water partition coefficient (Wildman–Crippen LogP) is 2.98. The Balaban J connectivity index is 1.93. The molecule has 2 aromatic carbocycles. The summed E-state index contributed by atoms with van der Waals surface area (Å²) < 4.78 is 52.7. The van der Waals surface area contributed by atoms with E-state index in [1.54, 1.807) is 36.4 Å². The van der Waals surface area contributed by atoms with Crippen LogP contribution in [0, 0.1) is 0 Å². The van der Waals surface area contributed by atoms with Crippen LogP contribution in [0.3, 0.4) is 0 Å². The fraction of sp³-hybridized carbons (Fsp3) is 0.333. The van der Waals surface area contributed by atoms with E-state index < -0.39 is 20.0 Å². The van der Waals surface area contributed by atoms with Crippen LogP contribution in [0.15, 0.2) is 53.4 Å². The molecule has 0 aromatic heterocycles. The van der Waals surface area contributed by atoms with Crippen LogP contribution in [-0.4, -0.2) is 29.1 Å². The number of nitrogens with zero attached hydrogens (tertiary/aromatic N) is 1. The molecule has 0 spiro atoms. The number of anilines is 2. The SMILES string of the molecule is CCc1ccc(S(=O)(=O)N(c2ccc(NS(C)(=O)=O)cc2)C2CC2)cc1. The second-order valence-electron chi connectivity index (χ2n) is 6.45. The lowest BCUT2D eigenvalue weighted by molar-refractivity contribution is 0.590. The summed E-state index contributed by atoms with van der Waals surface area (Å²) in [4.78, 5) is 0.264. The van der Waals surface area contributed by atoms with Gasteiger partial charge in [-0.05, 0) is 61.2 Å². The number of hydrogen-bond acceptors (Lipinski definition) is 4. The molecule has 3 rings (SSSR count). The van der Waals surface area contributed by atoms with E-state index in [0.29, 0.717) is 11.4 Å². The van der Waals surface area contributed by atoms with Crippen LogP contribution >= 0.6 is 0 Å². The summed E-state index contributed by atoms with van der Waals surface area (Å²) in [6, 6.07) is 13.3. The maximum atomic E-state index is 13.1. The molecule has 2 aromatic rings. The van der Waals surface area contributed by atoms with Crippen LogP contribution in [0.4, 0.5) is 11.4 Å². The Hall–Kier alpha value is -2.06. The van der Waals surface area contributed by atoms with Crippen LogP contribution in [-0.2, 0) is 26.5 Å². The van der Waals surface area contributed by atoms with Crippen molar-refractivity contribution in [2.75, 3.05) is 15.3 Å². The van der Waals surface area contributed by atoms with Gasteiger partial charge in [0.25, 0.3) is 10.0 Å². The van der Waals surface area contributed by atoms with Gasteiger partial charge in [0.05, 0.1) is 16.8 Å². The Bertz CT molecular complexity index is 978. The first-order valence-electron chi connectivity index (χ1n) is 8.42. The van der Waals surface area contributed by atoms with Crippen molar-refractivity contribution in [3.63, 3.8) is 0 Å². The molecule has 0 aliphatic heterocycles. The molecule has 1 aliphatic rings. The Kier molecular flexibility index (Phi) is 4.98. The van der Waals surface area contributed by atoms with Crippen molar-refractivity contribution >= 4 is 31.4 Å². The molecule has 0 heterocycles. The van der Waals surface area contributed by atoms with Crippen LogP contribution in [0.5, 0.6) is 0 Å². The summed E-state index contributed by atoms with van der Waals surface area (Å²) >= 11 is 0. The third-order valence-corrected chi connectivity index (χ3v) is 6.69. The van der Waals surface area contributed by atoms with Crippen molar-refractivity contribution in [1.82, 2.24) is 0 Å². The summed E-state index contributed by atoms with van der Waals surface area (Å²) in [6.45, 7) is 2.02. The van der Waals surface area contributed by atoms with E-state index in [0.717, 1.165) is 31.1 Å². The predicted molar refractivity (Wildman–Crippen MR) is 103 cm³/mol. The molecule has 0 radical (unpaired) electrons. The normalized spacial score (nSPS) is 14.8. The molecule has 0 bridgehead atoms. The smallest absolute Gasteiger partial charge is 0.264 e. The standard InChI is InChI=1S/C18H22N2O4S2/c1-3-14-4-12-18(13-5-14)26(23,24)20(17-10-11-17)16-8-6-15(7-9-16)19-25(2,21)22/h4-9,12-13,17,19H,3,10-11H2,1-2H3. The molecule has 1 fully saturated rings. The van der Waals surface area contributed by atoms with Crippen LogP contribution < -0.4 is 9.03 Å². The Morgan fingerprint density at radius 1 is 0.962 bits per heavy atom. The van der Waals surface area contributed by atoms with Crippen molar-refractivity contribution in [3.8, 4) is 0 Å². The zero-order valence-electron chi connectivity index (χ0n) is 14.7. The molecule has 1 saturated carbocycles. The van der Waals surface area contributed by atoms with Gasteiger partial charge in [-0.2, -0.15) is 0 Å². The van der Waals surface area contributed by atoms with E-state index in [4.69, 9.17) is 0 Å². The lowest BCUT2D eigenvalue weighted by Gasteiger charge is -2.24. The third-order valence-electron chi connectivity index (χ3n) is 4.19. The Morgan fingerprint density at radius 2 is 1.54 bits per heavy atom. The molecule has 26 heavy (non-hydrogen) atoms. The highest BCUT2D eigenvalue weighted by Gasteiger charge is 2.38. The van der Waals surface area contributed by atoms with Gasteiger partial charge in [0, 0.05) is 11.7 Å². The first-order chi connectivity index (χ1) is 12.2. The van der Waals surface area contributed by atoms with Gasteiger partial charge in [-0.25, -0.2) is 16.8 Å². The Labute approximate surface area is 155 Å². The van der Waals surface area contributed by atoms with E-state index in [9.17, 15) is 16.8 Å². The van der Waals surface area contributed by atoms with Gasteiger partial charge in [0.2, 0.25) is 10.0 Å². The number of aryl methyl sites for hydroxylation is 1. The lowest BCUT2D eigenvalue weighted by Crippen LogP contribution is -2.33. The zero-order valence-corrected chi connectivity index (χ0v) is 16.3. The van der Waals surface area contributed by atoms with Crippen molar-refractivity contribution in [3.05, 3.63) is 54.1 Å². The van der Waals surface area contributed by atoms with Gasteiger partial charge < -0.3 is 0 Å². The molecule has 0 saturated heterocycles. The van der Waals surface area contributed by atoms with Crippen molar-refractivity contribution in [2.45, 2.75) is 37.1 Å². The largest absolute Gasteiger partial charge is 0.284 e. The monoisotopic (exact) mass is 394 g/mol. The number of sulfonamides is 2. The van der Waals surface area contributed by atoms with Gasteiger partial charge >= 0.3 is 0 Å². The van der Waals surface area contributed by atoms with Gasteiger partial charge in [0.15, 0.2) is 0 Å². The minimum Gasteiger partial charge on any atom is -0.284 e. The molecule has 1 N–H and O–H groups in total. The maximum Gasteiger partial charge on any atom is 0.264 e. The molecular formula is C18H22N2O4S2. The van der Waals surface area contributed by atoms with Gasteiger partial charge in [0.1, 0.15) is 0 Å². The quantitative estimate of drug-likeness (QED) is 0.782. The first-order valence-corrected chi connectivity index (χ1v) is 11.7. The highest BCUT2D eigenvalue weighted by atomic mass is 32.2. The molecule has 0 unspecified atom stereocenters. The maximum absolute atomic E-state index is 13.1. The minimum atomic E-state index is -3.67. The Morgan fingerprint density at radius 3 is 2.00 bits per heavy atom. The molecule has 140 valence electrons. The fourth-order valence-electron chi connectivity index (χ4n) is 2.76. The highest BCUT2D eigenvalue weighted by molar-refractivity contribution is 7.93. The van der Waals surface area contributed by atoms with Crippen LogP contribution in [0.2, 0.25) is 0 Å². The van der Waals surface area contributed by atoms with Crippen molar-refractivity contribution in [2.24, 2.45) is 0 Å². The molecule has 0 amide bonds. The summed E-state index contributed by atoms with van der Waals surface area (Å²) in [7, 11) is -7.04. The summed E-state index contributed by atoms with van der Waals surface area (Å²) in [5, 5.41) is 0. The van der Waals surface area contributed by atoms with Gasteiger partial charge in [-0.3, -0.25) is 9.03 Å².